The SMILES string of the molecule is Cc1cc(-c2ccc(OC[C@@H](C)CC(C)(C)N)c(C)c2)ncn1. The van der Waals surface area contributed by atoms with Crippen LogP contribution in [-0.2, 0) is 0 Å². The topological polar surface area (TPSA) is 61.0 Å². The summed E-state index contributed by atoms with van der Waals surface area (Å²) < 4.78 is 5.97. The fourth-order valence-electron chi connectivity index (χ4n) is 2.77. The third-order valence-corrected chi connectivity index (χ3v) is 3.67. The van der Waals surface area contributed by atoms with Gasteiger partial charge in [-0.1, -0.05) is 6.92 Å². The molecule has 1 aromatic heterocycles. The van der Waals surface area contributed by atoms with Crippen LogP contribution in [0.15, 0.2) is 30.6 Å². The van der Waals surface area contributed by atoms with Gasteiger partial charge < -0.3 is 10.5 Å². The number of hydrogen-bond donors (Lipinski definition) is 1. The molecule has 0 saturated carbocycles. The van der Waals surface area contributed by atoms with Gasteiger partial charge in [0.2, 0.25) is 0 Å². The predicted molar refractivity (Wildman–Crippen MR) is 94.5 cm³/mol. The molecule has 4 heteroatoms. The molecule has 0 aliphatic heterocycles. The second-order valence-corrected chi connectivity index (χ2v) is 7.13. The summed E-state index contributed by atoms with van der Waals surface area (Å²) in [5.41, 5.74) is 9.99. The fourth-order valence-corrected chi connectivity index (χ4v) is 2.77. The van der Waals surface area contributed by atoms with Crippen molar-refractivity contribution < 1.29 is 4.74 Å². The number of aryl methyl sites for hydroxylation is 2. The van der Waals surface area contributed by atoms with Gasteiger partial charge in [-0.05, 0) is 69.9 Å². The van der Waals surface area contributed by atoms with Crippen LogP contribution in [-0.4, -0.2) is 22.1 Å². The number of hydrogen-bond acceptors (Lipinski definition) is 4. The summed E-state index contributed by atoms with van der Waals surface area (Å²) in [5.74, 6) is 1.33. The van der Waals surface area contributed by atoms with Crippen LogP contribution in [0.3, 0.4) is 0 Å². The predicted octanol–water partition coefficient (Wildman–Crippen LogP) is 3.90. The smallest absolute Gasteiger partial charge is 0.122 e. The summed E-state index contributed by atoms with van der Waals surface area (Å²) in [6, 6.07) is 8.15. The highest BCUT2D eigenvalue weighted by atomic mass is 16.5. The van der Waals surface area contributed by atoms with Gasteiger partial charge in [-0.2, -0.15) is 0 Å². The van der Waals surface area contributed by atoms with E-state index in [0.29, 0.717) is 12.5 Å². The highest BCUT2D eigenvalue weighted by Crippen LogP contribution is 2.26. The first-order valence-corrected chi connectivity index (χ1v) is 8.06. The first-order valence-electron chi connectivity index (χ1n) is 8.06. The number of benzene rings is 1. The summed E-state index contributed by atoms with van der Waals surface area (Å²) in [6.45, 7) is 11.0. The molecular formula is C19H27N3O. The lowest BCUT2D eigenvalue weighted by Crippen LogP contribution is -2.35. The molecule has 0 spiro atoms. The van der Waals surface area contributed by atoms with E-state index >= 15 is 0 Å². The van der Waals surface area contributed by atoms with Crippen molar-refractivity contribution in [3.63, 3.8) is 0 Å². The van der Waals surface area contributed by atoms with E-state index in [1.165, 1.54) is 0 Å². The third kappa shape index (κ3) is 5.32. The minimum Gasteiger partial charge on any atom is -0.493 e. The summed E-state index contributed by atoms with van der Waals surface area (Å²) in [4.78, 5) is 8.47. The van der Waals surface area contributed by atoms with Gasteiger partial charge in [-0.25, -0.2) is 9.97 Å². The van der Waals surface area contributed by atoms with Crippen LogP contribution in [0.5, 0.6) is 5.75 Å². The molecule has 4 nitrogen and oxygen atoms in total. The Balaban J connectivity index is 2.05. The van der Waals surface area contributed by atoms with Gasteiger partial charge in [-0.15, -0.1) is 0 Å². The summed E-state index contributed by atoms with van der Waals surface area (Å²) in [6.07, 6.45) is 2.53. The van der Waals surface area contributed by atoms with E-state index in [9.17, 15) is 0 Å². The van der Waals surface area contributed by atoms with Crippen LogP contribution in [0.4, 0.5) is 0 Å². The highest BCUT2D eigenvalue weighted by molar-refractivity contribution is 5.61. The van der Waals surface area contributed by atoms with E-state index in [4.69, 9.17) is 10.5 Å². The number of ether oxygens (including phenoxy) is 1. The van der Waals surface area contributed by atoms with Crippen LogP contribution in [0.1, 0.15) is 38.4 Å². The second kappa shape index (κ2) is 7.09. The molecule has 124 valence electrons. The number of aromatic nitrogens is 2. The monoisotopic (exact) mass is 313 g/mol. The van der Waals surface area contributed by atoms with Gasteiger partial charge in [0.1, 0.15) is 12.1 Å². The van der Waals surface area contributed by atoms with Crippen LogP contribution in [0, 0.1) is 19.8 Å². The molecular weight excluding hydrogens is 286 g/mol. The zero-order chi connectivity index (χ0) is 17.0. The van der Waals surface area contributed by atoms with Crippen molar-refractivity contribution in [1.82, 2.24) is 9.97 Å². The zero-order valence-corrected chi connectivity index (χ0v) is 14.8. The minimum absolute atomic E-state index is 0.160. The molecule has 1 aromatic carbocycles. The Morgan fingerprint density at radius 3 is 2.52 bits per heavy atom. The largest absolute Gasteiger partial charge is 0.493 e. The van der Waals surface area contributed by atoms with Gasteiger partial charge in [0.15, 0.2) is 0 Å². The molecule has 1 heterocycles. The summed E-state index contributed by atoms with van der Waals surface area (Å²) >= 11 is 0. The molecule has 2 rings (SSSR count). The zero-order valence-electron chi connectivity index (χ0n) is 14.8. The lowest BCUT2D eigenvalue weighted by Gasteiger charge is -2.23. The van der Waals surface area contributed by atoms with E-state index in [-0.39, 0.29) is 5.54 Å². The van der Waals surface area contributed by atoms with Gasteiger partial charge in [0.25, 0.3) is 0 Å². The van der Waals surface area contributed by atoms with Crippen LogP contribution in [0.2, 0.25) is 0 Å². The van der Waals surface area contributed by atoms with Gasteiger partial charge >= 0.3 is 0 Å². The van der Waals surface area contributed by atoms with Crippen molar-refractivity contribution in [2.24, 2.45) is 11.7 Å². The van der Waals surface area contributed by atoms with E-state index in [1.54, 1.807) is 6.33 Å². The molecule has 2 aromatic rings. The maximum atomic E-state index is 6.06. The Morgan fingerprint density at radius 1 is 1.17 bits per heavy atom. The average molecular weight is 313 g/mol. The van der Waals surface area contributed by atoms with Gasteiger partial charge in [-0.3, -0.25) is 0 Å². The van der Waals surface area contributed by atoms with Crippen LogP contribution >= 0.6 is 0 Å². The number of rotatable bonds is 6. The van der Waals surface area contributed by atoms with Crippen molar-refractivity contribution in [3.8, 4) is 17.0 Å². The molecule has 23 heavy (non-hydrogen) atoms. The molecule has 2 N–H and O–H groups in total. The maximum Gasteiger partial charge on any atom is 0.122 e. The lowest BCUT2D eigenvalue weighted by molar-refractivity contribution is 0.228. The van der Waals surface area contributed by atoms with Gasteiger partial charge in [0.05, 0.1) is 12.3 Å². The van der Waals surface area contributed by atoms with Crippen molar-refractivity contribution in [1.29, 1.82) is 0 Å². The maximum absolute atomic E-state index is 6.06. The van der Waals surface area contributed by atoms with E-state index < -0.39 is 0 Å². The molecule has 0 radical (unpaired) electrons. The number of nitrogens with zero attached hydrogens (tertiary/aromatic N) is 2. The van der Waals surface area contributed by atoms with Crippen molar-refractivity contribution in [3.05, 3.63) is 41.9 Å². The Labute approximate surface area is 139 Å². The molecule has 0 bridgehead atoms. The Hall–Kier alpha value is -1.94. The van der Waals surface area contributed by atoms with Crippen LogP contribution < -0.4 is 10.5 Å². The van der Waals surface area contributed by atoms with Crippen LogP contribution in [0.25, 0.3) is 11.3 Å². The quantitative estimate of drug-likeness (QED) is 0.878. The molecule has 0 amide bonds. The molecule has 0 saturated heterocycles. The molecule has 1 atom stereocenters. The summed E-state index contributed by atoms with van der Waals surface area (Å²) in [5, 5.41) is 0. The molecule has 0 aliphatic rings. The molecule has 0 aliphatic carbocycles. The van der Waals surface area contributed by atoms with E-state index in [0.717, 1.165) is 34.7 Å². The Morgan fingerprint density at radius 2 is 1.91 bits per heavy atom. The first-order chi connectivity index (χ1) is 10.7. The van der Waals surface area contributed by atoms with E-state index in [2.05, 4.69) is 29.9 Å². The number of nitrogens with two attached hydrogens (primary N) is 1. The van der Waals surface area contributed by atoms with E-state index in [1.807, 2.05) is 39.0 Å². The van der Waals surface area contributed by atoms with Crippen molar-refractivity contribution in [2.45, 2.75) is 46.6 Å². The summed E-state index contributed by atoms with van der Waals surface area (Å²) in [7, 11) is 0. The highest BCUT2D eigenvalue weighted by Gasteiger charge is 2.16. The standard InChI is InChI=1S/C19H27N3O/c1-13(10-19(4,5)20)11-23-18-7-6-16(8-14(18)2)17-9-15(3)21-12-22-17/h6-9,12-13H,10-11,20H2,1-5H3/t13-/m0/s1. The lowest BCUT2D eigenvalue weighted by atomic mass is 9.93. The Kier molecular flexibility index (Phi) is 5.37. The minimum atomic E-state index is -0.160. The van der Waals surface area contributed by atoms with Gasteiger partial charge in [0, 0.05) is 16.8 Å². The average Bonchev–Trinajstić information content (AvgIpc) is 2.44. The van der Waals surface area contributed by atoms with Crippen molar-refractivity contribution >= 4 is 0 Å². The molecule has 0 fully saturated rings. The third-order valence-electron chi connectivity index (χ3n) is 3.67. The van der Waals surface area contributed by atoms with Crippen molar-refractivity contribution in [2.75, 3.05) is 6.61 Å². The Bertz CT molecular complexity index is 662. The normalized spacial score (nSPS) is 13.0. The second-order valence-electron chi connectivity index (χ2n) is 7.13. The fraction of sp³-hybridized carbons (Fsp3) is 0.474. The molecule has 0 unspecified atom stereocenters. The first kappa shape index (κ1) is 17.4.